The average Bonchev–Trinajstić information content (AvgIpc) is 2.37. The van der Waals surface area contributed by atoms with Gasteiger partial charge in [-0.25, -0.2) is 0 Å². The van der Waals surface area contributed by atoms with Gasteiger partial charge in [0, 0.05) is 33.0 Å². The maximum absolute atomic E-state index is 11.5. The minimum Gasteiger partial charge on any atom is -0.382 e. The van der Waals surface area contributed by atoms with Gasteiger partial charge in [0.05, 0.1) is 17.6 Å². The molecule has 0 saturated heterocycles. The first-order valence-corrected chi connectivity index (χ1v) is 7.89. The minimum absolute atomic E-state index is 0.231. The van der Waals surface area contributed by atoms with Gasteiger partial charge in [0.15, 0.2) is 0 Å². The summed E-state index contributed by atoms with van der Waals surface area (Å²) in [6.45, 7) is 1.91. The topological polar surface area (TPSA) is 52.6 Å². The molecule has 5 heteroatoms. The predicted molar refractivity (Wildman–Crippen MR) is 79.3 cm³/mol. The number of carbonyl (C=O) groups is 2. The number of alkyl halides is 1. The Morgan fingerprint density at radius 3 is 2.22 bits per heavy atom. The van der Waals surface area contributed by atoms with Crippen molar-refractivity contribution in [1.29, 1.82) is 0 Å². The molecule has 0 radical (unpaired) electrons. The lowest BCUT2D eigenvalue weighted by Gasteiger charge is -2.03. The molecule has 4 nitrogen and oxygen atoms in total. The Bertz CT molecular complexity index is 231. The van der Waals surface area contributed by atoms with Gasteiger partial charge in [0.1, 0.15) is 11.6 Å². The van der Waals surface area contributed by atoms with E-state index < -0.39 is 0 Å². The highest BCUT2D eigenvalue weighted by molar-refractivity contribution is 14.1. The zero-order valence-electron chi connectivity index (χ0n) is 11.1. The molecular weight excluding hydrogens is 347 g/mol. The first-order chi connectivity index (χ1) is 8.70. The van der Waals surface area contributed by atoms with E-state index in [0.717, 1.165) is 12.8 Å². The van der Waals surface area contributed by atoms with Crippen LogP contribution in [0.15, 0.2) is 0 Å². The molecule has 0 bridgehead atoms. The Balaban J connectivity index is 3.24. The van der Waals surface area contributed by atoms with E-state index in [1.54, 1.807) is 7.11 Å². The van der Waals surface area contributed by atoms with E-state index in [9.17, 15) is 9.59 Å². The van der Waals surface area contributed by atoms with Crippen molar-refractivity contribution in [3.63, 3.8) is 0 Å². The number of rotatable bonds is 13. The summed E-state index contributed by atoms with van der Waals surface area (Å²) in [6.07, 6.45) is 4.15. The smallest absolute Gasteiger partial charge is 0.142 e. The summed E-state index contributed by atoms with van der Waals surface area (Å²) in [4.78, 5) is 22.5. The van der Waals surface area contributed by atoms with Crippen molar-refractivity contribution in [2.75, 3.05) is 31.4 Å². The lowest BCUT2D eigenvalue weighted by Crippen LogP contribution is -2.05. The highest BCUT2D eigenvalue weighted by Crippen LogP contribution is 2.05. The van der Waals surface area contributed by atoms with Crippen LogP contribution in [0.1, 0.15) is 38.5 Å². The van der Waals surface area contributed by atoms with Crippen molar-refractivity contribution in [3.05, 3.63) is 0 Å². The summed E-state index contributed by atoms with van der Waals surface area (Å²) in [5, 5.41) is 0. The van der Waals surface area contributed by atoms with Gasteiger partial charge in [-0.05, 0) is 19.3 Å². The third kappa shape index (κ3) is 12.4. The summed E-state index contributed by atoms with van der Waals surface area (Å²) in [5.74, 6) is 0.489. The molecule has 0 aliphatic rings. The number of halogens is 1. The van der Waals surface area contributed by atoms with Crippen molar-refractivity contribution >= 4 is 34.2 Å². The van der Waals surface area contributed by atoms with E-state index in [1.165, 1.54) is 0 Å². The zero-order chi connectivity index (χ0) is 13.6. The Morgan fingerprint density at radius 2 is 1.56 bits per heavy atom. The first kappa shape index (κ1) is 18.0. The molecule has 18 heavy (non-hydrogen) atoms. The molecule has 0 amide bonds. The van der Waals surface area contributed by atoms with E-state index in [1.807, 2.05) is 0 Å². The summed E-state index contributed by atoms with van der Waals surface area (Å²) in [6, 6.07) is 0. The summed E-state index contributed by atoms with van der Waals surface area (Å²) in [5.41, 5.74) is 0. The fourth-order valence-corrected chi connectivity index (χ4v) is 1.83. The van der Waals surface area contributed by atoms with Crippen LogP contribution in [0, 0.1) is 0 Å². The number of unbranched alkanes of at least 4 members (excludes halogenated alkanes) is 1. The van der Waals surface area contributed by atoms with Gasteiger partial charge in [0.25, 0.3) is 0 Å². The number of ketones is 2. The molecule has 0 fully saturated rings. The van der Waals surface area contributed by atoms with E-state index in [0.29, 0.717) is 49.9 Å². The van der Waals surface area contributed by atoms with Gasteiger partial charge >= 0.3 is 0 Å². The molecule has 0 rings (SSSR count). The Labute approximate surface area is 123 Å². The van der Waals surface area contributed by atoms with Crippen LogP contribution in [-0.2, 0) is 19.1 Å². The van der Waals surface area contributed by atoms with Crippen LogP contribution in [0.3, 0.4) is 0 Å². The number of Topliss-reactive ketones (excluding diaryl/α,β-unsaturated/α-hetero) is 2. The van der Waals surface area contributed by atoms with Crippen molar-refractivity contribution in [2.45, 2.75) is 38.5 Å². The average molecular weight is 370 g/mol. The third-order valence-corrected chi connectivity index (χ3v) is 3.34. The van der Waals surface area contributed by atoms with Gasteiger partial charge in [-0.2, -0.15) is 0 Å². The van der Waals surface area contributed by atoms with Gasteiger partial charge in [-0.3, -0.25) is 9.59 Å². The monoisotopic (exact) mass is 370 g/mol. The molecule has 0 unspecified atom stereocenters. The molecule has 0 heterocycles. The molecule has 0 aromatic rings. The van der Waals surface area contributed by atoms with Crippen LogP contribution < -0.4 is 0 Å². The number of hydrogen-bond donors (Lipinski definition) is 0. The summed E-state index contributed by atoms with van der Waals surface area (Å²) < 4.78 is 10.7. The second-order valence-electron chi connectivity index (χ2n) is 4.13. The summed E-state index contributed by atoms with van der Waals surface area (Å²) in [7, 11) is 1.64. The zero-order valence-corrected chi connectivity index (χ0v) is 13.2. The largest absolute Gasteiger partial charge is 0.382 e. The van der Waals surface area contributed by atoms with Gasteiger partial charge in [-0.15, -0.1) is 0 Å². The fraction of sp³-hybridized carbons (Fsp3) is 0.846. The van der Waals surface area contributed by atoms with Crippen LogP contribution in [0.4, 0.5) is 0 Å². The van der Waals surface area contributed by atoms with Crippen LogP contribution >= 0.6 is 22.6 Å². The third-order valence-electron chi connectivity index (χ3n) is 2.49. The molecule has 0 spiro atoms. The molecule has 0 aromatic heterocycles. The second kappa shape index (κ2) is 13.4. The minimum atomic E-state index is 0.231. The lowest BCUT2D eigenvalue weighted by molar-refractivity contribution is -0.119. The van der Waals surface area contributed by atoms with Gasteiger partial charge < -0.3 is 9.47 Å². The van der Waals surface area contributed by atoms with Crippen molar-refractivity contribution in [1.82, 2.24) is 0 Å². The lowest BCUT2D eigenvalue weighted by atomic mass is 10.1. The molecule has 0 aromatic carbocycles. The van der Waals surface area contributed by atoms with Gasteiger partial charge in [0.2, 0.25) is 0 Å². The maximum Gasteiger partial charge on any atom is 0.142 e. The van der Waals surface area contributed by atoms with Crippen molar-refractivity contribution in [2.24, 2.45) is 0 Å². The van der Waals surface area contributed by atoms with Crippen molar-refractivity contribution in [3.8, 4) is 0 Å². The molecular formula is C13H23IO4. The molecule has 0 atom stereocenters. The molecule has 0 aliphatic heterocycles. The second-order valence-corrected chi connectivity index (χ2v) is 4.89. The Hall–Kier alpha value is -0.0100. The standard InChI is InChI=1S/C13H23IO4/c1-17-9-10-18-8-3-2-5-12(15)6-4-7-13(16)11-14/h2-11H2,1H3. The number of hydrogen-bond acceptors (Lipinski definition) is 4. The fourth-order valence-electron chi connectivity index (χ4n) is 1.45. The molecule has 0 saturated carbocycles. The maximum atomic E-state index is 11.5. The molecule has 0 aliphatic carbocycles. The van der Waals surface area contributed by atoms with Gasteiger partial charge in [-0.1, -0.05) is 22.6 Å². The number of carbonyl (C=O) groups excluding carboxylic acids is 2. The highest BCUT2D eigenvalue weighted by atomic mass is 127. The van der Waals surface area contributed by atoms with E-state index in [2.05, 4.69) is 22.6 Å². The first-order valence-electron chi connectivity index (χ1n) is 6.36. The molecule has 0 N–H and O–H groups in total. The van der Waals surface area contributed by atoms with Crippen LogP contribution in [0.5, 0.6) is 0 Å². The Kier molecular flexibility index (Phi) is 13.4. The van der Waals surface area contributed by atoms with Crippen LogP contribution in [-0.4, -0.2) is 42.9 Å². The normalized spacial score (nSPS) is 10.6. The van der Waals surface area contributed by atoms with Crippen LogP contribution in [0.2, 0.25) is 0 Å². The van der Waals surface area contributed by atoms with Crippen molar-refractivity contribution < 1.29 is 19.1 Å². The van der Waals surface area contributed by atoms with E-state index >= 15 is 0 Å². The van der Waals surface area contributed by atoms with E-state index in [-0.39, 0.29) is 11.6 Å². The number of methoxy groups -OCH3 is 1. The molecule has 106 valence electrons. The number of ether oxygens (including phenoxy) is 2. The quantitative estimate of drug-likeness (QED) is 0.284. The van der Waals surface area contributed by atoms with Crippen LogP contribution in [0.25, 0.3) is 0 Å². The highest BCUT2D eigenvalue weighted by Gasteiger charge is 2.04. The SMILES string of the molecule is COCCOCCCCC(=O)CCCC(=O)CI. The summed E-state index contributed by atoms with van der Waals surface area (Å²) >= 11 is 2.05. The van der Waals surface area contributed by atoms with E-state index in [4.69, 9.17) is 9.47 Å². The Morgan fingerprint density at radius 1 is 0.889 bits per heavy atom. The predicted octanol–water partition coefficient (Wildman–Crippen LogP) is 2.56.